The van der Waals surface area contributed by atoms with Gasteiger partial charge in [-0.05, 0) is 51.4 Å². The fraction of sp³-hybridized carbons (Fsp3) is 0.847. The average Bonchev–Trinajstić information content (AvgIpc) is 3.44. The number of carbonyl (C=O) groups excluding carboxylic acids is 3. The number of aliphatic carboxylic acids is 1. The van der Waals surface area contributed by atoms with Crippen LogP contribution in [0.5, 0.6) is 0 Å². The molecule has 0 aliphatic carbocycles. The predicted molar refractivity (Wildman–Crippen MR) is 343 cm³/mol. The van der Waals surface area contributed by atoms with Crippen LogP contribution in [-0.2, 0) is 33.3 Å². The summed E-state index contributed by atoms with van der Waals surface area (Å²) in [6.45, 7) is 4.62. The van der Waals surface area contributed by atoms with Gasteiger partial charge in [0.05, 0.1) is 40.3 Å². The summed E-state index contributed by atoms with van der Waals surface area (Å²) in [5.74, 6) is -2.33. The summed E-state index contributed by atoms with van der Waals surface area (Å²) in [5.41, 5.74) is 0. The van der Waals surface area contributed by atoms with E-state index in [-0.39, 0.29) is 38.6 Å². The molecule has 0 aromatic heterocycles. The minimum atomic E-state index is -1.63. The number of rotatable bonds is 65. The Bertz CT molecular complexity index is 1470. The van der Waals surface area contributed by atoms with Crippen LogP contribution in [0.4, 0.5) is 0 Å². The molecule has 0 rings (SSSR count). The number of carbonyl (C=O) groups is 3. The van der Waals surface area contributed by atoms with E-state index in [0.717, 1.165) is 57.8 Å². The number of unbranched alkanes of at least 4 members (excludes halogenated alkanes) is 42. The summed E-state index contributed by atoms with van der Waals surface area (Å²) >= 11 is 0. The number of nitrogens with zero attached hydrogens (tertiary/aromatic N) is 1. The molecule has 0 heterocycles. The maximum absolute atomic E-state index is 12.8. The van der Waals surface area contributed by atoms with E-state index in [9.17, 15) is 19.5 Å². The molecule has 0 radical (unpaired) electrons. The number of hydrogen-bond donors (Lipinski definition) is 0. The molecule has 0 aromatic rings. The lowest BCUT2D eigenvalue weighted by molar-refractivity contribution is -0.870. The molecule has 0 N–H and O–H groups in total. The van der Waals surface area contributed by atoms with Crippen molar-refractivity contribution in [1.29, 1.82) is 0 Å². The molecule has 0 saturated heterocycles. The van der Waals surface area contributed by atoms with E-state index in [1.54, 1.807) is 0 Å². The lowest BCUT2D eigenvalue weighted by Crippen LogP contribution is -2.44. The van der Waals surface area contributed by atoms with Crippen LogP contribution in [0.25, 0.3) is 0 Å². The van der Waals surface area contributed by atoms with Gasteiger partial charge in [-0.15, -0.1) is 0 Å². The van der Waals surface area contributed by atoms with Gasteiger partial charge >= 0.3 is 11.9 Å². The molecular formula is C72H133NO8. The normalized spacial score (nSPS) is 13.0. The number of carboxylic acids is 1. The minimum absolute atomic E-state index is 0.140. The van der Waals surface area contributed by atoms with Gasteiger partial charge in [-0.1, -0.05) is 319 Å². The highest BCUT2D eigenvalue weighted by Gasteiger charge is 2.22. The SMILES string of the molecule is CC/C=C\C/C=C\C/C=C\C/C=C\CCCCC(=O)OC(COC(=O)CCCCCCCCCCCCCCCCCCCCCCCCCCCCCCCCCCCCCCCCCCC)COC(OCC[N+](C)(C)C)C(=O)[O-]. The summed E-state index contributed by atoms with van der Waals surface area (Å²) in [4.78, 5) is 37.3. The van der Waals surface area contributed by atoms with E-state index >= 15 is 0 Å². The Morgan fingerprint density at radius 3 is 1.05 bits per heavy atom. The van der Waals surface area contributed by atoms with Crippen molar-refractivity contribution < 1.29 is 42.9 Å². The Morgan fingerprint density at radius 1 is 0.383 bits per heavy atom. The minimum Gasteiger partial charge on any atom is -0.545 e. The molecule has 0 aliphatic heterocycles. The zero-order chi connectivity index (χ0) is 59.1. The molecule has 9 nitrogen and oxygen atoms in total. The van der Waals surface area contributed by atoms with Crippen molar-refractivity contribution in [2.24, 2.45) is 0 Å². The summed E-state index contributed by atoms with van der Waals surface area (Å²) in [6, 6.07) is 0. The highest BCUT2D eigenvalue weighted by atomic mass is 16.7. The Hall–Kier alpha value is -2.75. The van der Waals surface area contributed by atoms with Crippen LogP contribution in [0.1, 0.15) is 335 Å². The Labute approximate surface area is 502 Å². The standard InChI is InChI=1S/C72H133NO8/c1-6-8-10-12-14-16-18-20-22-23-24-25-26-27-28-29-30-31-32-33-34-35-36-37-38-39-40-41-42-43-44-45-46-47-49-50-52-54-56-58-60-62-69(74)79-66-68(67-80-72(71(76)77)78-65-64-73(3,4)5)81-70(75)63-61-59-57-55-53-51-48-21-19-17-15-13-11-9-7-2/h9,11,15,17,21,48,53,55,68,72H,6-8,10,12-14,16,18-20,22-47,49-52,54,56-67H2,1-5H3/b11-9-,17-15-,48-21-,55-53-. The largest absolute Gasteiger partial charge is 0.545 e. The lowest BCUT2D eigenvalue weighted by Gasteiger charge is -2.26. The third-order valence-electron chi connectivity index (χ3n) is 15.6. The van der Waals surface area contributed by atoms with Crippen molar-refractivity contribution in [2.75, 3.05) is 47.5 Å². The van der Waals surface area contributed by atoms with Crippen LogP contribution >= 0.6 is 0 Å². The van der Waals surface area contributed by atoms with Gasteiger partial charge in [0.15, 0.2) is 12.4 Å². The molecule has 2 atom stereocenters. The van der Waals surface area contributed by atoms with E-state index in [1.807, 2.05) is 21.1 Å². The van der Waals surface area contributed by atoms with Crippen molar-refractivity contribution in [2.45, 2.75) is 347 Å². The molecule has 0 fully saturated rings. The quantitative estimate of drug-likeness (QED) is 0.0195. The van der Waals surface area contributed by atoms with Gasteiger partial charge in [-0.2, -0.15) is 0 Å². The summed E-state index contributed by atoms with van der Waals surface area (Å²) in [7, 11) is 5.91. The lowest BCUT2D eigenvalue weighted by atomic mass is 10.0. The number of allylic oxidation sites excluding steroid dienone is 8. The fourth-order valence-corrected chi connectivity index (χ4v) is 10.3. The molecule has 81 heavy (non-hydrogen) atoms. The molecule has 0 amide bonds. The molecule has 9 heteroatoms. The molecule has 0 aliphatic rings. The molecule has 474 valence electrons. The Balaban J connectivity index is 3.88. The van der Waals surface area contributed by atoms with Gasteiger partial charge < -0.3 is 33.3 Å². The maximum Gasteiger partial charge on any atom is 0.306 e. The van der Waals surface area contributed by atoms with E-state index < -0.39 is 24.3 Å². The van der Waals surface area contributed by atoms with Crippen molar-refractivity contribution in [1.82, 2.24) is 0 Å². The average molecular weight is 1140 g/mol. The van der Waals surface area contributed by atoms with Crippen molar-refractivity contribution in [3.63, 3.8) is 0 Å². The number of esters is 2. The van der Waals surface area contributed by atoms with Crippen LogP contribution in [0, 0.1) is 0 Å². The molecule has 0 saturated carbocycles. The summed E-state index contributed by atoms with van der Waals surface area (Å²) < 4.78 is 22.7. The van der Waals surface area contributed by atoms with Crippen LogP contribution in [0.3, 0.4) is 0 Å². The van der Waals surface area contributed by atoms with Gasteiger partial charge in [0, 0.05) is 12.8 Å². The second-order valence-electron chi connectivity index (χ2n) is 24.8. The van der Waals surface area contributed by atoms with Crippen LogP contribution < -0.4 is 5.11 Å². The van der Waals surface area contributed by atoms with E-state index in [0.29, 0.717) is 17.4 Å². The zero-order valence-electron chi connectivity index (χ0n) is 54.2. The first-order valence-corrected chi connectivity index (χ1v) is 34.8. The first-order chi connectivity index (χ1) is 39.6. The summed E-state index contributed by atoms with van der Waals surface area (Å²) in [6.07, 6.45) is 78.2. The van der Waals surface area contributed by atoms with E-state index in [1.165, 1.54) is 244 Å². The first-order valence-electron chi connectivity index (χ1n) is 34.8. The second-order valence-corrected chi connectivity index (χ2v) is 24.8. The Morgan fingerprint density at radius 2 is 0.704 bits per heavy atom. The highest BCUT2D eigenvalue weighted by Crippen LogP contribution is 2.19. The number of likely N-dealkylation sites (N-methyl/N-ethyl adjacent to an activating group) is 1. The first kappa shape index (κ1) is 78.2. The smallest absolute Gasteiger partial charge is 0.306 e. The molecule has 0 spiro atoms. The fourth-order valence-electron chi connectivity index (χ4n) is 10.3. The van der Waals surface area contributed by atoms with Crippen LogP contribution in [0.15, 0.2) is 48.6 Å². The second kappa shape index (κ2) is 63.3. The maximum atomic E-state index is 12.8. The van der Waals surface area contributed by atoms with E-state index in [2.05, 4.69) is 62.5 Å². The number of hydrogen-bond acceptors (Lipinski definition) is 8. The van der Waals surface area contributed by atoms with Gasteiger partial charge in [-0.25, -0.2) is 0 Å². The van der Waals surface area contributed by atoms with Gasteiger partial charge in [-0.3, -0.25) is 9.59 Å². The highest BCUT2D eigenvalue weighted by molar-refractivity contribution is 5.70. The summed E-state index contributed by atoms with van der Waals surface area (Å²) in [5, 5.41) is 11.8. The Kier molecular flexibility index (Phi) is 61.1. The van der Waals surface area contributed by atoms with Gasteiger partial charge in [0.1, 0.15) is 13.2 Å². The zero-order valence-corrected chi connectivity index (χ0v) is 54.2. The van der Waals surface area contributed by atoms with Crippen molar-refractivity contribution in [3.05, 3.63) is 48.6 Å². The molecule has 0 bridgehead atoms. The third-order valence-corrected chi connectivity index (χ3v) is 15.6. The third kappa shape index (κ3) is 64.7. The van der Waals surface area contributed by atoms with Crippen molar-refractivity contribution in [3.8, 4) is 0 Å². The molecule has 0 aromatic carbocycles. The van der Waals surface area contributed by atoms with Gasteiger partial charge in [0.2, 0.25) is 0 Å². The number of ether oxygens (including phenoxy) is 4. The monoisotopic (exact) mass is 1140 g/mol. The van der Waals surface area contributed by atoms with Crippen LogP contribution in [0.2, 0.25) is 0 Å². The molecule has 2 unspecified atom stereocenters. The topological polar surface area (TPSA) is 111 Å². The molecular weight excluding hydrogens is 1010 g/mol. The van der Waals surface area contributed by atoms with Crippen LogP contribution in [-0.4, -0.2) is 82.3 Å². The predicted octanol–water partition coefficient (Wildman–Crippen LogP) is 20.0. The number of carboxylic acid groups (broad SMARTS) is 1. The number of quaternary nitrogens is 1. The van der Waals surface area contributed by atoms with E-state index in [4.69, 9.17) is 18.9 Å². The van der Waals surface area contributed by atoms with Gasteiger partial charge in [0.25, 0.3) is 0 Å². The van der Waals surface area contributed by atoms with Crippen molar-refractivity contribution >= 4 is 17.9 Å².